The van der Waals surface area contributed by atoms with Crippen molar-refractivity contribution in [2.75, 3.05) is 5.73 Å². The molecule has 94 valence electrons. The van der Waals surface area contributed by atoms with Gasteiger partial charge in [0.25, 0.3) is 0 Å². The summed E-state index contributed by atoms with van der Waals surface area (Å²) in [7, 11) is 0. The minimum Gasteiger partial charge on any atom is -0.457 e. The average Bonchev–Trinajstić information content (AvgIpc) is 2.87. The molecule has 0 aliphatic carbocycles. The Morgan fingerprint density at radius 3 is 2.21 bits per heavy atom. The van der Waals surface area contributed by atoms with Crippen LogP contribution in [0.3, 0.4) is 0 Å². The van der Waals surface area contributed by atoms with Gasteiger partial charge in [0, 0.05) is 0 Å². The Bertz CT molecular complexity index is 663. The molecule has 1 heterocycles. The van der Waals surface area contributed by atoms with Gasteiger partial charge in [0.15, 0.2) is 0 Å². The lowest BCUT2D eigenvalue weighted by molar-refractivity contribution is 0.482. The maximum absolute atomic E-state index is 5.69. The molecule has 19 heavy (non-hydrogen) atoms. The van der Waals surface area contributed by atoms with Crippen molar-refractivity contribution in [1.82, 2.24) is 20.2 Å². The molecule has 2 aromatic carbocycles. The van der Waals surface area contributed by atoms with Gasteiger partial charge in [-0.1, -0.05) is 23.3 Å². The summed E-state index contributed by atoms with van der Waals surface area (Å²) in [6.07, 6.45) is 0. The maximum Gasteiger partial charge on any atom is 0.245 e. The van der Waals surface area contributed by atoms with Crippen LogP contribution in [-0.4, -0.2) is 20.2 Å². The van der Waals surface area contributed by atoms with Crippen LogP contribution in [0.4, 0.5) is 5.95 Å². The molecule has 0 saturated heterocycles. The van der Waals surface area contributed by atoms with E-state index in [4.69, 9.17) is 10.5 Å². The van der Waals surface area contributed by atoms with E-state index in [1.807, 2.05) is 54.6 Å². The van der Waals surface area contributed by atoms with Gasteiger partial charge in [-0.3, -0.25) is 0 Å². The van der Waals surface area contributed by atoms with Crippen LogP contribution in [0.15, 0.2) is 54.6 Å². The molecule has 2 N–H and O–H groups in total. The molecule has 0 atom stereocenters. The molecule has 0 unspecified atom stereocenters. The first kappa shape index (κ1) is 11.2. The van der Waals surface area contributed by atoms with Crippen LogP contribution in [0.25, 0.3) is 5.69 Å². The lowest BCUT2D eigenvalue weighted by atomic mass is 10.3. The first-order valence-electron chi connectivity index (χ1n) is 5.70. The number of nitrogen functional groups attached to an aromatic ring is 1. The summed E-state index contributed by atoms with van der Waals surface area (Å²) in [5.41, 5.74) is 6.41. The standard InChI is InChI=1S/C13H11N5O/c14-13-15-16-17-18(13)10-6-8-12(9-7-10)19-11-4-2-1-3-5-11/h1-9H,(H2,14,15,17). The number of anilines is 1. The van der Waals surface area contributed by atoms with Crippen LogP contribution in [0.5, 0.6) is 11.5 Å². The van der Waals surface area contributed by atoms with Gasteiger partial charge < -0.3 is 10.5 Å². The Balaban J connectivity index is 1.82. The van der Waals surface area contributed by atoms with Crippen LogP contribution < -0.4 is 10.5 Å². The predicted octanol–water partition coefficient (Wildman–Crippen LogP) is 2.04. The monoisotopic (exact) mass is 253 g/mol. The molecule has 0 spiro atoms. The third kappa shape index (κ3) is 2.37. The van der Waals surface area contributed by atoms with Gasteiger partial charge in [-0.25, -0.2) is 0 Å². The van der Waals surface area contributed by atoms with Crippen molar-refractivity contribution >= 4 is 5.95 Å². The second-order valence-electron chi connectivity index (χ2n) is 3.86. The normalized spacial score (nSPS) is 10.3. The molecular weight excluding hydrogens is 242 g/mol. The first-order valence-corrected chi connectivity index (χ1v) is 5.70. The van der Waals surface area contributed by atoms with Gasteiger partial charge in [-0.05, 0) is 46.8 Å². The molecule has 3 aromatic rings. The molecule has 6 nitrogen and oxygen atoms in total. The van der Waals surface area contributed by atoms with Gasteiger partial charge in [0.2, 0.25) is 5.95 Å². The molecule has 6 heteroatoms. The Labute approximate surface area is 109 Å². The number of benzene rings is 2. The SMILES string of the molecule is Nc1nnnn1-c1ccc(Oc2ccccc2)cc1. The molecule has 0 saturated carbocycles. The second kappa shape index (κ2) is 4.77. The number of nitrogens with zero attached hydrogens (tertiary/aromatic N) is 4. The minimum atomic E-state index is 0.247. The average molecular weight is 253 g/mol. The number of rotatable bonds is 3. The number of para-hydroxylation sites is 1. The van der Waals surface area contributed by atoms with Crippen molar-refractivity contribution in [2.24, 2.45) is 0 Å². The summed E-state index contributed by atoms with van der Waals surface area (Å²) < 4.78 is 7.14. The van der Waals surface area contributed by atoms with Gasteiger partial charge >= 0.3 is 0 Å². The fourth-order valence-corrected chi connectivity index (χ4v) is 1.66. The van der Waals surface area contributed by atoms with E-state index in [0.717, 1.165) is 17.2 Å². The van der Waals surface area contributed by atoms with E-state index in [2.05, 4.69) is 15.5 Å². The highest BCUT2D eigenvalue weighted by Gasteiger charge is 2.04. The van der Waals surface area contributed by atoms with Crippen LogP contribution >= 0.6 is 0 Å². The van der Waals surface area contributed by atoms with Gasteiger partial charge in [0.1, 0.15) is 11.5 Å². The minimum absolute atomic E-state index is 0.247. The smallest absolute Gasteiger partial charge is 0.245 e. The number of aromatic nitrogens is 4. The van der Waals surface area contributed by atoms with E-state index >= 15 is 0 Å². The molecule has 0 fully saturated rings. The van der Waals surface area contributed by atoms with Crippen molar-refractivity contribution in [3.63, 3.8) is 0 Å². The summed E-state index contributed by atoms with van der Waals surface area (Å²) in [5, 5.41) is 10.9. The van der Waals surface area contributed by atoms with Crippen molar-refractivity contribution in [3.8, 4) is 17.2 Å². The summed E-state index contributed by atoms with van der Waals surface area (Å²) in [6.45, 7) is 0. The van der Waals surface area contributed by atoms with Gasteiger partial charge in [0.05, 0.1) is 5.69 Å². The zero-order valence-electron chi connectivity index (χ0n) is 9.97. The largest absolute Gasteiger partial charge is 0.457 e. The van der Waals surface area contributed by atoms with Crippen molar-refractivity contribution < 1.29 is 4.74 Å². The molecule has 3 rings (SSSR count). The lowest BCUT2D eigenvalue weighted by Gasteiger charge is -2.06. The third-order valence-corrected chi connectivity index (χ3v) is 2.55. The number of tetrazole rings is 1. The number of nitrogens with two attached hydrogens (primary N) is 1. The predicted molar refractivity (Wildman–Crippen MR) is 70.1 cm³/mol. The first-order chi connectivity index (χ1) is 9.33. The molecular formula is C13H11N5O. The zero-order chi connectivity index (χ0) is 13.1. The van der Waals surface area contributed by atoms with E-state index < -0.39 is 0 Å². The van der Waals surface area contributed by atoms with Crippen molar-refractivity contribution in [1.29, 1.82) is 0 Å². The second-order valence-corrected chi connectivity index (χ2v) is 3.86. The third-order valence-electron chi connectivity index (χ3n) is 2.55. The zero-order valence-corrected chi connectivity index (χ0v) is 9.97. The summed E-state index contributed by atoms with van der Waals surface area (Å²) >= 11 is 0. The Kier molecular flexibility index (Phi) is 2.82. The highest BCUT2D eigenvalue weighted by Crippen LogP contribution is 2.22. The quantitative estimate of drug-likeness (QED) is 0.772. The summed E-state index contributed by atoms with van der Waals surface area (Å²) in [6, 6.07) is 16.9. The lowest BCUT2D eigenvalue weighted by Crippen LogP contribution is -2.02. The Morgan fingerprint density at radius 2 is 1.58 bits per heavy atom. The number of hydrogen-bond donors (Lipinski definition) is 1. The highest BCUT2D eigenvalue weighted by molar-refractivity contribution is 5.41. The molecule has 0 bridgehead atoms. The Morgan fingerprint density at radius 1 is 0.895 bits per heavy atom. The maximum atomic E-state index is 5.69. The molecule has 0 radical (unpaired) electrons. The van der Waals surface area contributed by atoms with Gasteiger partial charge in [-0.2, -0.15) is 4.68 Å². The van der Waals surface area contributed by atoms with Crippen molar-refractivity contribution in [2.45, 2.75) is 0 Å². The number of ether oxygens (including phenoxy) is 1. The Hall–Kier alpha value is -2.89. The summed E-state index contributed by atoms with van der Waals surface area (Å²) in [4.78, 5) is 0. The van der Waals surface area contributed by atoms with E-state index in [9.17, 15) is 0 Å². The molecule has 0 aliphatic heterocycles. The van der Waals surface area contributed by atoms with E-state index in [1.54, 1.807) is 0 Å². The summed E-state index contributed by atoms with van der Waals surface area (Å²) in [5.74, 6) is 1.77. The van der Waals surface area contributed by atoms with Gasteiger partial charge in [-0.15, -0.1) is 0 Å². The van der Waals surface area contributed by atoms with Crippen LogP contribution in [0, 0.1) is 0 Å². The van der Waals surface area contributed by atoms with Crippen LogP contribution in [0.2, 0.25) is 0 Å². The number of hydrogen-bond acceptors (Lipinski definition) is 5. The topological polar surface area (TPSA) is 78.9 Å². The molecule has 0 amide bonds. The fourth-order valence-electron chi connectivity index (χ4n) is 1.66. The van der Waals surface area contributed by atoms with E-state index in [1.165, 1.54) is 4.68 Å². The molecule has 1 aromatic heterocycles. The molecule has 0 aliphatic rings. The highest BCUT2D eigenvalue weighted by atomic mass is 16.5. The van der Waals surface area contributed by atoms with E-state index in [0.29, 0.717) is 0 Å². The van der Waals surface area contributed by atoms with E-state index in [-0.39, 0.29) is 5.95 Å². The fraction of sp³-hybridized carbons (Fsp3) is 0. The van der Waals surface area contributed by atoms with Crippen molar-refractivity contribution in [3.05, 3.63) is 54.6 Å². The van der Waals surface area contributed by atoms with Crippen LogP contribution in [-0.2, 0) is 0 Å². The van der Waals surface area contributed by atoms with Crippen LogP contribution in [0.1, 0.15) is 0 Å².